The van der Waals surface area contributed by atoms with Gasteiger partial charge < -0.3 is 20.1 Å². The van der Waals surface area contributed by atoms with Crippen molar-refractivity contribution in [3.8, 4) is 11.5 Å². The van der Waals surface area contributed by atoms with Crippen LogP contribution in [-0.2, 0) is 15.6 Å². The summed E-state index contributed by atoms with van der Waals surface area (Å²) >= 11 is 0. The lowest BCUT2D eigenvalue weighted by Gasteiger charge is -2.14. The molecule has 0 unspecified atom stereocenters. The van der Waals surface area contributed by atoms with Crippen LogP contribution in [0, 0.1) is 0 Å². The first-order valence-electron chi connectivity index (χ1n) is 9.67. The number of nitrogens with zero attached hydrogens (tertiary/aromatic N) is 1. The maximum Gasteiger partial charge on any atom is 0.195 e. The van der Waals surface area contributed by atoms with Gasteiger partial charge >= 0.3 is 0 Å². The first kappa shape index (κ1) is 24.3. The highest BCUT2D eigenvalue weighted by Crippen LogP contribution is 2.32. The largest absolute Gasteiger partial charge is 0.490 e. The number of hydrogen-bond acceptors (Lipinski definition) is 5. The third-order valence-electron chi connectivity index (χ3n) is 4.39. The standard InChI is InChI=1S/C21H27N3O4S.HI/c1-22-21(24-18-9-10-19-20(15-18)28-13-6-12-27-19)23-11-5-14-29(25,26)16-17-7-3-2-4-8-17;/h2-4,7-10,15H,5-6,11-14,16H2,1H3,(H2,22,23,24);1H. The fourth-order valence-electron chi connectivity index (χ4n) is 2.96. The highest BCUT2D eigenvalue weighted by atomic mass is 127. The molecule has 0 saturated carbocycles. The van der Waals surface area contributed by atoms with E-state index in [-0.39, 0.29) is 35.5 Å². The molecule has 30 heavy (non-hydrogen) atoms. The van der Waals surface area contributed by atoms with Gasteiger partial charge in [-0.2, -0.15) is 0 Å². The van der Waals surface area contributed by atoms with Crippen molar-refractivity contribution in [2.75, 3.05) is 37.9 Å². The second-order valence-corrected chi connectivity index (χ2v) is 8.95. The number of benzene rings is 2. The molecule has 2 aromatic rings. The fourth-order valence-corrected chi connectivity index (χ4v) is 4.38. The molecule has 1 aliphatic heterocycles. The molecule has 0 aromatic heterocycles. The number of hydrogen-bond donors (Lipinski definition) is 2. The molecule has 3 rings (SSSR count). The molecule has 0 aliphatic carbocycles. The van der Waals surface area contributed by atoms with Crippen LogP contribution in [0.1, 0.15) is 18.4 Å². The van der Waals surface area contributed by atoms with Crippen molar-refractivity contribution in [3.63, 3.8) is 0 Å². The number of anilines is 1. The predicted octanol–water partition coefficient (Wildman–Crippen LogP) is 3.46. The molecule has 164 valence electrons. The van der Waals surface area contributed by atoms with Crippen LogP contribution < -0.4 is 20.1 Å². The van der Waals surface area contributed by atoms with E-state index in [1.54, 1.807) is 7.05 Å². The topological polar surface area (TPSA) is 89.0 Å². The van der Waals surface area contributed by atoms with Crippen molar-refractivity contribution in [2.24, 2.45) is 4.99 Å². The average molecular weight is 545 g/mol. The molecule has 2 aromatic carbocycles. The molecular formula is C21H28IN3O4S. The molecule has 0 saturated heterocycles. The second kappa shape index (κ2) is 12.0. The quantitative estimate of drug-likeness (QED) is 0.240. The molecule has 0 atom stereocenters. The van der Waals surface area contributed by atoms with Crippen LogP contribution in [0.15, 0.2) is 53.5 Å². The van der Waals surface area contributed by atoms with Crippen molar-refractivity contribution < 1.29 is 17.9 Å². The number of aliphatic imine (C=N–C) groups is 1. The Kier molecular flexibility index (Phi) is 9.70. The molecule has 0 radical (unpaired) electrons. The molecule has 7 nitrogen and oxygen atoms in total. The third-order valence-corrected chi connectivity index (χ3v) is 6.07. The summed E-state index contributed by atoms with van der Waals surface area (Å²) in [5, 5.41) is 6.34. The first-order chi connectivity index (χ1) is 14.1. The van der Waals surface area contributed by atoms with E-state index in [0.29, 0.717) is 37.9 Å². The van der Waals surface area contributed by atoms with Crippen molar-refractivity contribution in [3.05, 3.63) is 54.1 Å². The number of guanidine groups is 1. The molecule has 1 heterocycles. The van der Waals surface area contributed by atoms with Crippen LogP contribution in [0.2, 0.25) is 0 Å². The Morgan fingerprint density at radius 2 is 1.80 bits per heavy atom. The Morgan fingerprint density at radius 3 is 2.53 bits per heavy atom. The number of ether oxygens (including phenoxy) is 2. The summed E-state index contributed by atoms with van der Waals surface area (Å²) in [5.41, 5.74) is 1.63. The van der Waals surface area contributed by atoms with E-state index in [2.05, 4.69) is 15.6 Å². The summed E-state index contributed by atoms with van der Waals surface area (Å²) in [4.78, 5) is 4.19. The normalized spacial score (nSPS) is 13.7. The summed E-state index contributed by atoms with van der Waals surface area (Å²) in [6.07, 6.45) is 1.35. The van der Waals surface area contributed by atoms with Crippen molar-refractivity contribution in [2.45, 2.75) is 18.6 Å². The third kappa shape index (κ3) is 7.67. The minimum absolute atomic E-state index is 0. The lowest BCUT2D eigenvalue weighted by molar-refractivity contribution is 0.297. The molecule has 0 spiro atoms. The molecule has 9 heteroatoms. The monoisotopic (exact) mass is 545 g/mol. The van der Waals surface area contributed by atoms with Crippen molar-refractivity contribution >= 4 is 45.5 Å². The van der Waals surface area contributed by atoms with Crippen LogP contribution in [0.25, 0.3) is 0 Å². The number of fused-ring (bicyclic) bond motifs is 1. The molecular weight excluding hydrogens is 517 g/mol. The highest BCUT2D eigenvalue weighted by Gasteiger charge is 2.13. The van der Waals surface area contributed by atoms with Crippen molar-refractivity contribution in [1.82, 2.24) is 5.32 Å². The predicted molar refractivity (Wildman–Crippen MR) is 131 cm³/mol. The lowest BCUT2D eigenvalue weighted by Crippen LogP contribution is -2.32. The molecule has 0 bridgehead atoms. The summed E-state index contributed by atoms with van der Waals surface area (Å²) in [6, 6.07) is 14.9. The summed E-state index contributed by atoms with van der Waals surface area (Å²) in [6.45, 7) is 1.77. The summed E-state index contributed by atoms with van der Waals surface area (Å²) in [5.74, 6) is 2.20. The maximum absolute atomic E-state index is 12.3. The van der Waals surface area contributed by atoms with E-state index in [0.717, 1.165) is 23.4 Å². The van der Waals surface area contributed by atoms with Gasteiger partial charge in [-0.05, 0) is 24.1 Å². The minimum atomic E-state index is -3.14. The highest BCUT2D eigenvalue weighted by molar-refractivity contribution is 14.0. The van der Waals surface area contributed by atoms with E-state index < -0.39 is 9.84 Å². The van der Waals surface area contributed by atoms with Gasteiger partial charge in [0.1, 0.15) is 0 Å². The van der Waals surface area contributed by atoms with Gasteiger partial charge in [0.25, 0.3) is 0 Å². The van der Waals surface area contributed by atoms with Gasteiger partial charge in [-0.3, -0.25) is 4.99 Å². The Hall–Kier alpha value is -2.01. The SMILES string of the molecule is CN=C(NCCCS(=O)(=O)Cc1ccccc1)Nc1ccc2c(c1)OCCCO2.I. The van der Waals surface area contributed by atoms with Gasteiger partial charge in [-0.15, -0.1) is 24.0 Å². The van der Waals surface area contributed by atoms with Crippen LogP contribution in [0.5, 0.6) is 11.5 Å². The fraction of sp³-hybridized carbons (Fsp3) is 0.381. The first-order valence-corrected chi connectivity index (χ1v) is 11.5. The maximum atomic E-state index is 12.3. The summed E-state index contributed by atoms with van der Waals surface area (Å²) < 4.78 is 35.9. The summed E-state index contributed by atoms with van der Waals surface area (Å²) in [7, 11) is -1.47. The Labute approximate surface area is 195 Å². The van der Waals surface area contributed by atoms with Gasteiger partial charge in [0.15, 0.2) is 27.3 Å². The van der Waals surface area contributed by atoms with Gasteiger partial charge in [0.05, 0.1) is 24.7 Å². The zero-order valence-corrected chi connectivity index (χ0v) is 20.1. The van der Waals surface area contributed by atoms with Crippen LogP contribution in [0.3, 0.4) is 0 Å². The van der Waals surface area contributed by atoms with Gasteiger partial charge in [0.2, 0.25) is 0 Å². The van der Waals surface area contributed by atoms with E-state index >= 15 is 0 Å². The van der Waals surface area contributed by atoms with Crippen LogP contribution >= 0.6 is 24.0 Å². The molecule has 2 N–H and O–H groups in total. The lowest BCUT2D eigenvalue weighted by atomic mass is 10.2. The molecule has 1 aliphatic rings. The van der Waals surface area contributed by atoms with E-state index in [4.69, 9.17) is 9.47 Å². The molecule has 0 amide bonds. The van der Waals surface area contributed by atoms with Crippen molar-refractivity contribution in [1.29, 1.82) is 0 Å². The van der Waals surface area contributed by atoms with E-state index in [1.165, 1.54) is 0 Å². The van der Waals surface area contributed by atoms with Gasteiger partial charge in [-0.25, -0.2) is 8.42 Å². The average Bonchev–Trinajstić information content (AvgIpc) is 2.95. The van der Waals surface area contributed by atoms with E-state index in [9.17, 15) is 8.42 Å². The van der Waals surface area contributed by atoms with E-state index in [1.807, 2.05) is 48.5 Å². The Bertz CT molecular complexity index is 937. The minimum Gasteiger partial charge on any atom is -0.490 e. The number of rotatable bonds is 7. The smallest absolute Gasteiger partial charge is 0.195 e. The number of halogens is 1. The van der Waals surface area contributed by atoms with Crippen LogP contribution in [-0.4, -0.2) is 46.9 Å². The second-order valence-electron chi connectivity index (χ2n) is 6.77. The van der Waals surface area contributed by atoms with Crippen LogP contribution in [0.4, 0.5) is 5.69 Å². The Balaban J connectivity index is 0.00000320. The number of nitrogens with one attached hydrogen (secondary N) is 2. The molecule has 0 fully saturated rings. The zero-order chi connectivity index (χ0) is 20.5. The Morgan fingerprint density at radius 1 is 1.07 bits per heavy atom. The van der Waals surface area contributed by atoms with Gasteiger partial charge in [0, 0.05) is 31.8 Å². The van der Waals surface area contributed by atoms with Gasteiger partial charge in [-0.1, -0.05) is 30.3 Å². The zero-order valence-electron chi connectivity index (χ0n) is 17.0. The number of sulfone groups is 1.